The van der Waals surface area contributed by atoms with Crippen LogP contribution in [0.25, 0.3) is 0 Å². The van der Waals surface area contributed by atoms with Gasteiger partial charge >= 0.3 is 0 Å². The lowest BCUT2D eigenvalue weighted by atomic mass is 10.1. The predicted molar refractivity (Wildman–Crippen MR) is 51.4 cm³/mol. The molecule has 0 bridgehead atoms. The minimum Gasteiger partial charge on any atom is -0.389 e. The SMILES string of the molecule is C=C(CC(C)/C=C\C)NCC. The first-order chi connectivity index (χ1) is 5.20. The Morgan fingerprint density at radius 1 is 1.64 bits per heavy atom. The van der Waals surface area contributed by atoms with Gasteiger partial charge in [0.15, 0.2) is 0 Å². The molecule has 64 valence electrons. The highest BCUT2D eigenvalue weighted by molar-refractivity contribution is 4.96. The van der Waals surface area contributed by atoms with Gasteiger partial charge in [-0.2, -0.15) is 0 Å². The zero-order valence-corrected chi connectivity index (χ0v) is 7.85. The van der Waals surface area contributed by atoms with Crippen molar-refractivity contribution in [3.63, 3.8) is 0 Å². The van der Waals surface area contributed by atoms with E-state index in [4.69, 9.17) is 0 Å². The molecule has 0 aromatic rings. The molecule has 0 saturated heterocycles. The highest BCUT2D eigenvalue weighted by Crippen LogP contribution is 2.08. The number of allylic oxidation sites excluding steroid dienone is 3. The van der Waals surface area contributed by atoms with Gasteiger partial charge in [0.1, 0.15) is 0 Å². The normalized spacial score (nSPS) is 13.4. The molecule has 1 atom stereocenters. The maximum absolute atomic E-state index is 3.92. The minimum absolute atomic E-state index is 0.603. The molecule has 0 aliphatic carbocycles. The van der Waals surface area contributed by atoms with Crippen molar-refractivity contribution in [1.82, 2.24) is 5.32 Å². The van der Waals surface area contributed by atoms with Crippen molar-refractivity contribution in [2.75, 3.05) is 6.54 Å². The lowest BCUT2D eigenvalue weighted by Gasteiger charge is -2.09. The van der Waals surface area contributed by atoms with Crippen LogP contribution in [0.3, 0.4) is 0 Å². The van der Waals surface area contributed by atoms with Gasteiger partial charge in [-0.25, -0.2) is 0 Å². The smallest absolute Gasteiger partial charge is 0.0115 e. The molecule has 1 heteroatoms. The second kappa shape index (κ2) is 6.02. The van der Waals surface area contributed by atoms with Crippen molar-refractivity contribution in [2.45, 2.75) is 27.2 Å². The van der Waals surface area contributed by atoms with Crippen LogP contribution in [-0.2, 0) is 0 Å². The Morgan fingerprint density at radius 2 is 2.27 bits per heavy atom. The van der Waals surface area contributed by atoms with Gasteiger partial charge in [0, 0.05) is 12.2 Å². The molecule has 0 rings (SSSR count). The number of nitrogens with one attached hydrogen (secondary N) is 1. The summed E-state index contributed by atoms with van der Waals surface area (Å²) in [4.78, 5) is 0. The molecule has 1 unspecified atom stereocenters. The summed E-state index contributed by atoms with van der Waals surface area (Å²) >= 11 is 0. The van der Waals surface area contributed by atoms with Crippen LogP contribution >= 0.6 is 0 Å². The Labute approximate surface area is 70.2 Å². The summed E-state index contributed by atoms with van der Waals surface area (Å²) in [5, 5.41) is 3.21. The first kappa shape index (κ1) is 10.3. The lowest BCUT2D eigenvalue weighted by Crippen LogP contribution is -2.12. The molecule has 0 aliphatic heterocycles. The topological polar surface area (TPSA) is 12.0 Å². The van der Waals surface area contributed by atoms with Crippen LogP contribution in [0, 0.1) is 5.92 Å². The average molecular weight is 153 g/mol. The van der Waals surface area contributed by atoms with Crippen LogP contribution in [0.5, 0.6) is 0 Å². The molecule has 1 nitrogen and oxygen atoms in total. The molecular weight excluding hydrogens is 134 g/mol. The average Bonchev–Trinajstić information content (AvgIpc) is 1.87. The third-order valence-electron chi connectivity index (χ3n) is 1.52. The third-order valence-corrected chi connectivity index (χ3v) is 1.52. The number of hydrogen-bond donors (Lipinski definition) is 1. The second-order valence-electron chi connectivity index (χ2n) is 2.84. The second-order valence-corrected chi connectivity index (χ2v) is 2.84. The van der Waals surface area contributed by atoms with Gasteiger partial charge in [0.25, 0.3) is 0 Å². The molecule has 0 spiro atoms. The molecule has 0 radical (unpaired) electrons. The minimum atomic E-state index is 0.603. The van der Waals surface area contributed by atoms with E-state index in [1.165, 1.54) is 0 Å². The molecule has 0 heterocycles. The van der Waals surface area contributed by atoms with E-state index in [1.54, 1.807) is 0 Å². The molecule has 0 aliphatic rings. The standard InChI is InChI=1S/C10H19N/c1-5-7-9(3)8-10(4)11-6-2/h5,7,9,11H,4,6,8H2,1-3H3/b7-5-. The predicted octanol–water partition coefficient (Wildman–Crippen LogP) is 2.71. The summed E-state index contributed by atoms with van der Waals surface area (Å²) in [5.41, 5.74) is 1.14. The summed E-state index contributed by atoms with van der Waals surface area (Å²) in [5.74, 6) is 0.603. The summed E-state index contributed by atoms with van der Waals surface area (Å²) in [6.07, 6.45) is 5.32. The van der Waals surface area contributed by atoms with Crippen LogP contribution in [0.4, 0.5) is 0 Å². The van der Waals surface area contributed by atoms with Crippen molar-refractivity contribution in [3.05, 3.63) is 24.4 Å². The zero-order chi connectivity index (χ0) is 8.69. The Kier molecular flexibility index (Phi) is 5.63. The molecule has 0 amide bonds. The molecule has 0 aromatic heterocycles. The van der Waals surface area contributed by atoms with Crippen molar-refractivity contribution in [3.8, 4) is 0 Å². The van der Waals surface area contributed by atoms with Crippen molar-refractivity contribution < 1.29 is 0 Å². The van der Waals surface area contributed by atoms with E-state index in [-0.39, 0.29) is 0 Å². The fraction of sp³-hybridized carbons (Fsp3) is 0.600. The van der Waals surface area contributed by atoms with E-state index in [0.717, 1.165) is 18.7 Å². The Balaban J connectivity index is 3.57. The van der Waals surface area contributed by atoms with E-state index in [2.05, 4.69) is 37.9 Å². The van der Waals surface area contributed by atoms with E-state index < -0.39 is 0 Å². The Morgan fingerprint density at radius 3 is 2.73 bits per heavy atom. The van der Waals surface area contributed by atoms with E-state index in [1.807, 2.05) is 6.92 Å². The van der Waals surface area contributed by atoms with Gasteiger partial charge in [0.2, 0.25) is 0 Å². The zero-order valence-electron chi connectivity index (χ0n) is 7.85. The van der Waals surface area contributed by atoms with Crippen molar-refractivity contribution in [1.29, 1.82) is 0 Å². The fourth-order valence-corrected chi connectivity index (χ4v) is 1.11. The quantitative estimate of drug-likeness (QED) is 0.599. The highest BCUT2D eigenvalue weighted by Gasteiger charge is 1.97. The van der Waals surface area contributed by atoms with Crippen molar-refractivity contribution in [2.24, 2.45) is 5.92 Å². The summed E-state index contributed by atoms with van der Waals surface area (Å²) in [7, 11) is 0. The molecule has 0 saturated carbocycles. The van der Waals surface area contributed by atoms with E-state index >= 15 is 0 Å². The monoisotopic (exact) mass is 153 g/mol. The van der Waals surface area contributed by atoms with E-state index in [9.17, 15) is 0 Å². The first-order valence-electron chi connectivity index (χ1n) is 4.25. The van der Waals surface area contributed by atoms with Gasteiger partial charge < -0.3 is 5.32 Å². The summed E-state index contributed by atoms with van der Waals surface area (Å²) in [6, 6.07) is 0. The van der Waals surface area contributed by atoms with Crippen LogP contribution in [0.15, 0.2) is 24.4 Å². The molecule has 1 N–H and O–H groups in total. The Bertz CT molecular complexity index is 136. The van der Waals surface area contributed by atoms with Gasteiger partial charge in [-0.15, -0.1) is 0 Å². The molecule has 0 fully saturated rings. The molecule has 11 heavy (non-hydrogen) atoms. The summed E-state index contributed by atoms with van der Waals surface area (Å²) in [6.45, 7) is 11.2. The summed E-state index contributed by atoms with van der Waals surface area (Å²) < 4.78 is 0. The maximum Gasteiger partial charge on any atom is 0.0115 e. The van der Waals surface area contributed by atoms with Gasteiger partial charge in [0.05, 0.1) is 0 Å². The fourth-order valence-electron chi connectivity index (χ4n) is 1.11. The number of hydrogen-bond acceptors (Lipinski definition) is 1. The van der Waals surface area contributed by atoms with Crippen LogP contribution < -0.4 is 5.32 Å². The Hall–Kier alpha value is -0.720. The lowest BCUT2D eigenvalue weighted by molar-refractivity contribution is 0.664. The number of rotatable bonds is 5. The maximum atomic E-state index is 3.92. The van der Waals surface area contributed by atoms with Gasteiger partial charge in [-0.1, -0.05) is 25.7 Å². The van der Waals surface area contributed by atoms with Gasteiger partial charge in [-0.05, 0) is 26.2 Å². The molecular formula is C10H19N. The first-order valence-corrected chi connectivity index (χ1v) is 4.25. The van der Waals surface area contributed by atoms with Crippen LogP contribution in [-0.4, -0.2) is 6.54 Å². The van der Waals surface area contributed by atoms with E-state index in [0.29, 0.717) is 5.92 Å². The van der Waals surface area contributed by atoms with Crippen LogP contribution in [0.1, 0.15) is 27.2 Å². The largest absolute Gasteiger partial charge is 0.389 e. The molecule has 0 aromatic carbocycles. The van der Waals surface area contributed by atoms with Crippen molar-refractivity contribution >= 4 is 0 Å². The highest BCUT2D eigenvalue weighted by atomic mass is 14.9. The van der Waals surface area contributed by atoms with Gasteiger partial charge in [-0.3, -0.25) is 0 Å². The third kappa shape index (κ3) is 5.71. The van der Waals surface area contributed by atoms with Crippen LogP contribution in [0.2, 0.25) is 0 Å².